The van der Waals surface area contributed by atoms with Crippen LogP contribution in [0.3, 0.4) is 0 Å². The summed E-state index contributed by atoms with van der Waals surface area (Å²) in [7, 11) is 3.57. The average molecular weight is 381 g/mol. The van der Waals surface area contributed by atoms with Crippen LogP contribution < -0.4 is 10.1 Å². The Bertz CT molecular complexity index is 916. The lowest BCUT2D eigenvalue weighted by Gasteiger charge is -2.24. The molecular formula is C22H27N3O3. The Morgan fingerprint density at radius 3 is 2.64 bits per heavy atom. The average Bonchev–Trinajstić information content (AvgIpc) is 2.65. The van der Waals surface area contributed by atoms with Crippen molar-refractivity contribution in [3.8, 4) is 5.75 Å². The molecule has 1 aromatic carbocycles. The Balaban J connectivity index is 1.88. The zero-order chi connectivity index (χ0) is 20.5. The number of ketones is 1. The highest BCUT2D eigenvalue weighted by Crippen LogP contribution is 2.27. The number of hydrogen-bond acceptors (Lipinski definition) is 5. The molecule has 28 heavy (non-hydrogen) atoms. The number of aromatic nitrogens is 1. The molecular weight excluding hydrogens is 354 g/mol. The van der Waals surface area contributed by atoms with Gasteiger partial charge in [-0.05, 0) is 36.9 Å². The predicted octanol–water partition coefficient (Wildman–Crippen LogP) is 3.56. The Morgan fingerprint density at radius 2 is 1.96 bits per heavy atom. The van der Waals surface area contributed by atoms with Crippen LogP contribution in [0, 0.1) is 5.41 Å². The Kier molecular flexibility index (Phi) is 5.52. The molecule has 1 aliphatic rings. The molecule has 1 N–H and O–H groups in total. The first-order chi connectivity index (χ1) is 13.2. The maximum absolute atomic E-state index is 12.9. The fourth-order valence-electron chi connectivity index (χ4n) is 3.29. The Morgan fingerprint density at radius 1 is 1.21 bits per heavy atom. The van der Waals surface area contributed by atoms with E-state index < -0.39 is 5.41 Å². The summed E-state index contributed by atoms with van der Waals surface area (Å²) in [5.74, 6) is 0.0719. The van der Waals surface area contributed by atoms with E-state index in [0.29, 0.717) is 22.6 Å². The third kappa shape index (κ3) is 4.22. The van der Waals surface area contributed by atoms with Gasteiger partial charge in [0.1, 0.15) is 5.75 Å². The maximum Gasteiger partial charge on any atom is 0.259 e. The zero-order valence-corrected chi connectivity index (χ0v) is 17.1. The van der Waals surface area contributed by atoms with Crippen molar-refractivity contribution in [2.45, 2.75) is 33.7 Å². The summed E-state index contributed by atoms with van der Waals surface area (Å²) in [4.78, 5) is 32.2. The minimum Gasteiger partial charge on any atom is -0.496 e. The van der Waals surface area contributed by atoms with E-state index in [2.05, 4.69) is 22.2 Å². The van der Waals surface area contributed by atoms with E-state index in [1.807, 2.05) is 26.8 Å². The number of nitrogens with one attached hydrogen (secondary N) is 1. The van der Waals surface area contributed by atoms with Gasteiger partial charge < -0.3 is 15.0 Å². The van der Waals surface area contributed by atoms with Crippen LogP contribution in [0.2, 0.25) is 0 Å². The van der Waals surface area contributed by atoms with Crippen LogP contribution in [-0.4, -0.2) is 42.3 Å². The summed E-state index contributed by atoms with van der Waals surface area (Å²) in [6.45, 7) is 7.36. The van der Waals surface area contributed by atoms with E-state index in [1.165, 1.54) is 7.11 Å². The number of methoxy groups -OCH3 is 1. The van der Waals surface area contributed by atoms with Crippen molar-refractivity contribution in [2.75, 3.05) is 26.0 Å². The summed E-state index contributed by atoms with van der Waals surface area (Å²) in [6.07, 6.45) is 2.59. The third-order valence-corrected chi connectivity index (χ3v) is 4.88. The first-order valence-corrected chi connectivity index (χ1v) is 9.39. The van der Waals surface area contributed by atoms with Gasteiger partial charge in [0.2, 0.25) is 0 Å². The molecule has 0 radical (unpaired) electrons. The van der Waals surface area contributed by atoms with E-state index in [0.717, 1.165) is 30.8 Å². The Hall–Kier alpha value is -2.73. The molecule has 2 heterocycles. The molecule has 6 heteroatoms. The molecule has 0 atom stereocenters. The quantitative estimate of drug-likeness (QED) is 0.820. The van der Waals surface area contributed by atoms with E-state index >= 15 is 0 Å². The number of rotatable bonds is 4. The lowest BCUT2D eigenvalue weighted by Crippen LogP contribution is -2.27. The molecule has 0 fully saturated rings. The maximum atomic E-state index is 12.9. The predicted molar refractivity (Wildman–Crippen MR) is 109 cm³/mol. The third-order valence-electron chi connectivity index (χ3n) is 4.88. The van der Waals surface area contributed by atoms with E-state index in [1.54, 1.807) is 24.4 Å². The molecule has 0 saturated heterocycles. The number of hydrogen-bond donors (Lipinski definition) is 1. The highest BCUT2D eigenvalue weighted by atomic mass is 16.5. The van der Waals surface area contributed by atoms with Gasteiger partial charge in [-0.25, -0.2) is 0 Å². The summed E-state index contributed by atoms with van der Waals surface area (Å²) in [5.41, 5.74) is 3.11. The second-order valence-electron chi connectivity index (χ2n) is 8.27. The van der Waals surface area contributed by atoms with Crippen LogP contribution in [0.5, 0.6) is 5.75 Å². The number of fused-ring (bicyclic) bond motifs is 1. The van der Waals surface area contributed by atoms with Crippen LogP contribution in [0.15, 0.2) is 30.5 Å². The Labute approximate surface area is 165 Å². The number of likely N-dealkylation sites (N-methyl/N-ethyl adjacent to an activating group) is 1. The SMILES string of the molecule is COc1ccc(C(=O)C(C)(C)C)cc1C(=O)Nc1cnc2c(c1)CN(C)CC2. The smallest absolute Gasteiger partial charge is 0.259 e. The fourth-order valence-corrected chi connectivity index (χ4v) is 3.29. The van der Waals surface area contributed by atoms with Crippen LogP contribution in [0.1, 0.15) is 52.7 Å². The second kappa shape index (κ2) is 7.72. The van der Waals surface area contributed by atoms with E-state index in [9.17, 15) is 9.59 Å². The molecule has 0 aliphatic carbocycles. The fraction of sp³-hybridized carbons (Fsp3) is 0.409. The normalized spacial score (nSPS) is 14.3. The number of ether oxygens (including phenoxy) is 1. The van der Waals surface area contributed by atoms with Crippen LogP contribution in [0.4, 0.5) is 5.69 Å². The number of nitrogens with zero attached hydrogens (tertiary/aromatic N) is 2. The van der Waals surface area contributed by atoms with Crippen molar-refractivity contribution in [1.29, 1.82) is 0 Å². The molecule has 0 spiro atoms. The molecule has 1 aromatic heterocycles. The van der Waals surface area contributed by atoms with Gasteiger partial charge in [-0.15, -0.1) is 0 Å². The molecule has 2 aromatic rings. The molecule has 0 bridgehead atoms. The van der Waals surface area contributed by atoms with Gasteiger partial charge >= 0.3 is 0 Å². The largest absolute Gasteiger partial charge is 0.496 e. The highest BCUT2D eigenvalue weighted by molar-refractivity contribution is 6.08. The van der Waals surface area contributed by atoms with Crippen LogP contribution in [-0.2, 0) is 13.0 Å². The van der Waals surface area contributed by atoms with E-state index in [4.69, 9.17) is 4.74 Å². The molecule has 0 saturated carbocycles. The van der Waals surface area contributed by atoms with Gasteiger partial charge in [0.15, 0.2) is 5.78 Å². The van der Waals surface area contributed by atoms with Crippen molar-refractivity contribution < 1.29 is 14.3 Å². The number of carbonyl (C=O) groups is 2. The molecule has 1 aliphatic heterocycles. The summed E-state index contributed by atoms with van der Waals surface area (Å²) >= 11 is 0. The molecule has 1 amide bonds. The minimum absolute atomic E-state index is 0.0253. The first kappa shape index (κ1) is 20.0. The van der Waals surface area contributed by atoms with Gasteiger partial charge in [0, 0.05) is 36.2 Å². The van der Waals surface area contributed by atoms with Crippen molar-refractivity contribution in [2.24, 2.45) is 5.41 Å². The van der Waals surface area contributed by atoms with Crippen LogP contribution >= 0.6 is 0 Å². The van der Waals surface area contributed by atoms with Crippen molar-refractivity contribution in [3.05, 3.63) is 52.8 Å². The van der Waals surface area contributed by atoms with Gasteiger partial charge in [-0.1, -0.05) is 20.8 Å². The monoisotopic (exact) mass is 381 g/mol. The number of carbonyl (C=O) groups excluding carboxylic acids is 2. The van der Waals surface area contributed by atoms with Gasteiger partial charge in [-0.2, -0.15) is 0 Å². The summed E-state index contributed by atoms with van der Waals surface area (Å²) in [5, 5.41) is 2.89. The number of benzene rings is 1. The van der Waals surface area contributed by atoms with Crippen molar-refractivity contribution >= 4 is 17.4 Å². The lowest BCUT2D eigenvalue weighted by molar-refractivity contribution is 0.0858. The van der Waals surface area contributed by atoms with Gasteiger partial charge in [0.25, 0.3) is 5.91 Å². The number of amides is 1. The van der Waals surface area contributed by atoms with Crippen molar-refractivity contribution in [1.82, 2.24) is 9.88 Å². The van der Waals surface area contributed by atoms with Gasteiger partial charge in [0.05, 0.1) is 24.6 Å². The zero-order valence-electron chi connectivity index (χ0n) is 17.1. The van der Waals surface area contributed by atoms with Crippen LogP contribution in [0.25, 0.3) is 0 Å². The summed E-state index contributed by atoms with van der Waals surface area (Å²) < 4.78 is 5.33. The summed E-state index contributed by atoms with van der Waals surface area (Å²) in [6, 6.07) is 6.92. The molecule has 6 nitrogen and oxygen atoms in total. The van der Waals surface area contributed by atoms with E-state index in [-0.39, 0.29) is 11.7 Å². The first-order valence-electron chi connectivity index (χ1n) is 9.39. The molecule has 0 unspecified atom stereocenters. The van der Waals surface area contributed by atoms with Gasteiger partial charge in [-0.3, -0.25) is 14.6 Å². The molecule has 3 rings (SSSR count). The standard InChI is InChI=1S/C22H27N3O3/c1-22(2,3)20(26)14-6-7-19(28-5)17(11-14)21(27)24-16-10-15-13-25(4)9-8-18(15)23-12-16/h6-7,10-12H,8-9,13H2,1-5H3,(H,24,27). The topological polar surface area (TPSA) is 71.5 Å². The highest BCUT2D eigenvalue weighted by Gasteiger charge is 2.25. The van der Waals surface area contributed by atoms with Crippen molar-refractivity contribution in [3.63, 3.8) is 0 Å². The minimum atomic E-state index is -0.531. The number of pyridine rings is 1. The number of anilines is 1. The second-order valence-corrected chi connectivity index (χ2v) is 8.27. The molecule has 148 valence electrons. The lowest BCUT2D eigenvalue weighted by atomic mass is 9.86. The number of Topliss-reactive ketones (excluding diaryl/α,β-unsaturated/α-hetero) is 1.